The molecule has 3 aromatic rings. The van der Waals surface area contributed by atoms with Crippen molar-refractivity contribution in [2.45, 2.75) is 45.6 Å². The highest BCUT2D eigenvalue weighted by Crippen LogP contribution is 2.19. The zero-order valence-corrected chi connectivity index (χ0v) is 14.5. The number of benzene rings is 2. The summed E-state index contributed by atoms with van der Waals surface area (Å²) in [5.41, 5.74) is 2.26. The van der Waals surface area contributed by atoms with Crippen molar-refractivity contribution in [1.82, 2.24) is 4.98 Å². The number of ether oxygens (including phenoxy) is 1. The third-order valence-electron chi connectivity index (χ3n) is 4.23. The smallest absolute Gasteiger partial charge is 0.397 e. The van der Waals surface area contributed by atoms with Gasteiger partial charge in [-0.25, -0.2) is 4.79 Å². The summed E-state index contributed by atoms with van der Waals surface area (Å²) in [6.45, 7) is 2.51. The van der Waals surface area contributed by atoms with Gasteiger partial charge < -0.3 is 9.15 Å². The fraction of sp³-hybridized carbons (Fsp3) is 0.333. The van der Waals surface area contributed by atoms with Gasteiger partial charge >= 0.3 is 11.7 Å². The highest BCUT2D eigenvalue weighted by Gasteiger charge is 2.11. The number of aromatic nitrogens is 1. The summed E-state index contributed by atoms with van der Waals surface area (Å²) in [7, 11) is 0. The van der Waals surface area contributed by atoms with Gasteiger partial charge in [-0.3, -0.25) is 0 Å². The van der Waals surface area contributed by atoms with Crippen LogP contribution in [0.4, 0.5) is 0 Å². The average molecular weight is 337 g/mol. The van der Waals surface area contributed by atoms with Crippen molar-refractivity contribution in [3.8, 4) is 6.08 Å². The normalized spacial score (nSPS) is 10.9. The van der Waals surface area contributed by atoms with Crippen LogP contribution >= 0.6 is 0 Å². The van der Waals surface area contributed by atoms with Gasteiger partial charge in [0.25, 0.3) is 0 Å². The molecule has 0 amide bonds. The number of rotatable bonds is 8. The van der Waals surface area contributed by atoms with Gasteiger partial charge in [0, 0.05) is 0 Å². The van der Waals surface area contributed by atoms with Gasteiger partial charge in [-0.1, -0.05) is 68.7 Å². The fourth-order valence-electron chi connectivity index (χ4n) is 2.90. The maximum atomic E-state index is 12.4. The number of fused-ring (bicyclic) bond motifs is 1. The molecular weight excluding hydrogens is 314 g/mol. The maximum Gasteiger partial charge on any atom is 0.397 e. The molecule has 130 valence electrons. The van der Waals surface area contributed by atoms with Gasteiger partial charge in [0.15, 0.2) is 0 Å². The Morgan fingerprint density at radius 2 is 1.84 bits per heavy atom. The first kappa shape index (κ1) is 17.2. The first-order chi connectivity index (χ1) is 12.3. The van der Waals surface area contributed by atoms with E-state index >= 15 is 0 Å². The maximum absolute atomic E-state index is 12.4. The minimum Gasteiger partial charge on any atom is -0.445 e. The zero-order valence-electron chi connectivity index (χ0n) is 14.5. The molecule has 0 N–H and O–H groups in total. The third-order valence-corrected chi connectivity index (χ3v) is 4.23. The van der Waals surface area contributed by atoms with Crippen LogP contribution in [0.1, 0.15) is 43.7 Å². The molecule has 3 rings (SSSR count). The molecule has 0 aliphatic rings. The van der Waals surface area contributed by atoms with E-state index in [1.807, 2.05) is 48.5 Å². The van der Waals surface area contributed by atoms with E-state index in [-0.39, 0.29) is 11.7 Å². The Kier molecular flexibility index (Phi) is 5.83. The van der Waals surface area contributed by atoms with Gasteiger partial charge in [0.05, 0.1) is 10.9 Å². The number of unbranched alkanes of at least 4 members (excludes halogenated alkanes) is 3. The van der Waals surface area contributed by atoms with E-state index in [2.05, 4.69) is 11.9 Å². The monoisotopic (exact) mass is 337 g/mol. The Labute approximate surface area is 147 Å². The Morgan fingerprint density at radius 1 is 1.00 bits per heavy atom. The Hall–Kier alpha value is -2.62. The van der Waals surface area contributed by atoms with Crippen LogP contribution in [0.2, 0.25) is 0 Å². The number of aryl methyl sites for hydroxylation is 1. The predicted molar refractivity (Wildman–Crippen MR) is 98.9 cm³/mol. The van der Waals surface area contributed by atoms with Crippen LogP contribution in [-0.2, 0) is 13.0 Å². The molecule has 0 spiro atoms. The van der Waals surface area contributed by atoms with Crippen LogP contribution in [0, 0.1) is 0 Å². The van der Waals surface area contributed by atoms with Crippen LogP contribution in [0.5, 0.6) is 6.08 Å². The Bertz CT molecular complexity index is 871. The van der Waals surface area contributed by atoms with E-state index in [1.165, 1.54) is 19.3 Å². The highest BCUT2D eigenvalue weighted by atomic mass is 16.6. The van der Waals surface area contributed by atoms with Gasteiger partial charge in [-0.05, 0) is 30.0 Å². The van der Waals surface area contributed by atoms with E-state index < -0.39 is 0 Å². The van der Waals surface area contributed by atoms with Crippen molar-refractivity contribution in [2.75, 3.05) is 0 Å². The van der Waals surface area contributed by atoms with Crippen molar-refractivity contribution in [3.05, 3.63) is 70.1 Å². The van der Waals surface area contributed by atoms with Crippen LogP contribution < -0.4 is 10.4 Å². The fourth-order valence-corrected chi connectivity index (χ4v) is 2.90. The minimum atomic E-state index is -0.376. The number of hydrogen-bond donors (Lipinski definition) is 0. The molecule has 0 unspecified atom stereocenters. The van der Waals surface area contributed by atoms with Crippen molar-refractivity contribution in [3.63, 3.8) is 0 Å². The van der Waals surface area contributed by atoms with E-state index in [4.69, 9.17) is 9.15 Å². The summed E-state index contributed by atoms with van der Waals surface area (Å²) in [4.78, 5) is 16.8. The second-order valence-electron chi connectivity index (χ2n) is 6.16. The highest BCUT2D eigenvalue weighted by molar-refractivity contribution is 5.80. The molecular formula is C21H23NO3. The lowest BCUT2D eigenvalue weighted by Gasteiger charge is -2.07. The lowest BCUT2D eigenvalue weighted by Crippen LogP contribution is -2.08. The first-order valence-electron chi connectivity index (χ1n) is 8.87. The molecule has 0 bridgehead atoms. The summed E-state index contributed by atoms with van der Waals surface area (Å²) in [5.74, 6) is 0. The van der Waals surface area contributed by atoms with Gasteiger partial charge in [0.2, 0.25) is 0 Å². The largest absolute Gasteiger partial charge is 0.445 e. The van der Waals surface area contributed by atoms with Gasteiger partial charge in [0.1, 0.15) is 6.61 Å². The summed E-state index contributed by atoms with van der Waals surface area (Å²) in [6, 6.07) is 15.5. The second kappa shape index (κ2) is 8.47. The topological polar surface area (TPSA) is 52.3 Å². The minimum absolute atomic E-state index is 0.0180. The van der Waals surface area contributed by atoms with E-state index in [9.17, 15) is 4.79 Å². The van der Waals surface area contributed by atoms with E-state index in [0.29, 0.717) is 17.5 Å². The van der Waals surface area contributed by atoms with E-state index in [0.717, 1.165) is 24.0 Å². The van der Waals surface area contributed by atoms with Crippen LogP contribution in [0.25, 0.3) is 10.9 Å². The van der Waals surface area contributed by atoms with Gasteiger partial charge in [-0.2, -0.15) is 4.98 Å². The third kappa shape index (κ3) is 4.47. The molecule has 2 aromatic carbocycles. The summed E-state index contributed by atoms with van der Waals surface area (Å²) in [6.07, 6.45) is 5.54. The Balaban J connectivity index is 1.78. The first-order valence-corrected chi connectivity index (χ1v) is 8.87. The van der Waals surface area contributed by atoms with Crippen molar-refractivity contribution < 1.29 is 9.15 Å². The van der Waals surface area contributed by atoms with Crippen LogP contribution in [-0.4, -0.2) is 4.98 Å². The molecule has 25 heavy (non-hydrogen) atoms. The molecule has 1 aromatic heterocycles. The van der Waals surface area contributed by atoms with Crippen molar-refractivity contribution in [1.29, 1.82) is 0 Å². The Morgan fingerprint density at radius 3 is 2.64 bits per heavy atom. The molecule has 4 nitrogen and oxygen atoms in total. The molecule has 0 fully saturated rings. The average Bonchev–Trinajstić information content (AvgIpc) is 2.64. The molecule has 1 heterocycles. The van der Waals surface area contributed by atoms with Crippen molar-refractivity contribution >= 4 is 10.9 Å². The lowest BCUT2D eigenvalue weighted by molar-refractivity contribution is 0.207. The molecule has 4 heteroatoms. The van der Waals surface area contributed by atoms with E-state index in [1.54, 1.807) is 0 Å². The molecule has 0 atom stereocenters. The molecule has 0 radical (unpaired) electrons. The molecule has 0 saturated carbocycles. The standard InChI is InChI=1S/C21H23NO3/c1-2-3-4-8-12-17-13-9-14-18-19(17)20(23)25-21(22-18)24-15-16-10-6-5-7-11-16/h5-7,9-11,13-14H,2-4,8,12,15H2,1H3. The summed E-state index contributed by atoms with van der Waals surface area (Å²) >= 11 is 0. The summed E-state index contributed by atoms with van der Waals surface area (Å²) in [5, 5.41) is 0.575. The van der Waals surface area contributed by atoms with Gasteiger partial charge in [-0.15, -0.1) is 0 Å². The predicted octanol–water partition coefficient (Wildman–Crippen LogP) is 4.89. The molecule has 0 aliphatic carbocycles. The number of hydrogen-bond acceptors (Lipinski definition) is 4. The second-order valence-corrected chi connectivity index (χ2v) is 6.16. The van der Waals surface area contributed by atoms with Crippen LogP contribution in [0.15, 0.2) is 57.7 Å². The zero-order chi connectivity index (χ0) is 17.5. The van der Waals surface area contributed by atoms with Crippen molar-refractivity contribution in [2.24, 2.45) is 0 Å². The van der Waals surface area contributed by atoms with Crippen LogP contribution in [0.3, 0.4) is 0 Å². The SMILES string of the molecule is CCCCCCc1cccc2nc(OCc3ccccc3)oc(=O)c12. The molecule has 0 aliphatic heterocycles. The summed E-state index contributed by atoms with van der Waals surface area (Å²) < 4.78 is 10.8. The quantitative estimate of drug-likeness (QED) is 0.549. The number of nitrogens with zero attached hydrogens (tertiary/aromatic N) is 1. The lowest BCUT2D eigenvalue weighted by atomic mass is 10.0. The molecule has 0 saturated heterocycles.